The largest absolute Gasteiger partial charge is 0.371 e. The molecule has 28 heavy (non-hydrogen) atoms. The second kappa shape index (κ2) is 7.25. The first-order valence-electron chi connectivity index (χ1n) is 10.6. The number of nitrogens with zero attached hydrogens (tertiary/aromatic N) is 3. The fraction of sp³-hybridized carbons (Fsp3) is 0.417. The summed E-state index contributed by atoms with van der Waals surface area (Å²) in [7, 11) is 0. The highest BCUT2D eigenvalue weighted by molar-refractivity contribution is 5.85. The summed E-state index contributed by atoms with van der Waals surface area (Å²) in [4.78, 5) is 5.20. The molecule has 0 atom stereocenters. The van der Waals surface area contributed by atoms with E-state index in [0.717, 1.165) is 35.9 Å². The van der Waals surface area contributed by atoms with Gasteiger partial charge < -0.3 is 14.4 Å². The van der Waals surface area contributed by atoms with Crippen LogP contribution in [0.25, 0.3) is 16.6 Å². The second-order valence-corrected chi connectivity index (χ2v) is 8.29. The average molecular weight is 378 g/mol. The Balaban J connectivity index is 1.40. The molecule has 3 heterocycles. The number of hydrogen-bond donors (Lipinski definition) is 0. The predicted molar refractivity (Wildman–Crippen MR) is 114 cm³/mol. The number of likely N-dealkylation sites (tertiary alicyclic amines) is 1. The maximum Gasteiger partial charge on any atom is 0.132 e. The first kappa shape index (κ1) is 17.7. The minimum absolute atomic E-state index is 0.153. The van der Waals surface area contributed by atoms with Crippen LogP contribution in [0.5, 0.6) is 0 Å². The van der Waals surface area contributed by atoms with Crippen LogP contribution in [0.2, 0.25) is 0 Å². The van der Waals surface area contributed by atoms with E-state index in [1.807, 2.05) is 25.3 Å². The minimum Gasteiger partial charge on any atom is -0.371 e. The standard InChI is InChI=1S/C24H28FN3/c1-18-7-8-23(25)22-11-16-28(24(18)22)21-6-4-5-20(17-21)27-14-9-19(10-15-27)26-12-2-3-13-26/h4-8,11,16-17,19H,2-3,9-10,12-15H2,1H3. The molecule has 0 radical (unpaired) electrons. The molecular formula is C24H28FN3. The molecule has 146 valence electrons. The maximum atomic E-state index is 14.2. The Bertz CT molecular complexity index is 979. The first-order valence-corrected chi connectivity index (χ1v) is 10.6. The zero-order valence-electron chi connectivity index (χ0n) is 16.6. The van der Waals surface area contributed by atoms with Crippen LogP contribution in [-0.4, -0.2) is 41.7 Å². The van der Waals surface area contributed by atoms with Crippen molar-refractivity contribution >= 4 is 16.6 Å². The van der Waals surface area contributed by atoms with Crippen molar-refractivity contribution in [3.8, 4) is 5.69 Å². The van der Waals surface area contributed by atoms with Gasteiger partial charge in [-0.2, -0.15) is 0 Å². The van der Waals surface area contributed by atoms with E-state index in [-0.39, 0.29) is 5.82 Å². The molecule has 2 aliphatic rings. The highest BCUT2D eigenvalue weighted by atomic mass is 19.1. The smallest absolute Gasteiger partial charge is 0.132 e. The van der Waals surface area contributed by atoms with Crippen LogP contribution >= 0.6 is 0 Å². The van der Waals surface area contributed by atoms with Gasteiger partial charge in [0.1, 0.15) is 5.82 Å². The third-order valence-corrected chi connectivity index (χ3v) is 6.59. The van der Waals surface area contributed by atoms with Crippen LogP contribution in [-0.2, 0) is 0 Å². The van der Waals surface area contributed by atoms with Gasteiger partial charge in [-0.1, -0.05) is 12.1 Å². The van der Waals surface area contributed by atoms with Gasteiger partial charge in [0.15, 0.2) is 0 Å². The highest BCUT2D eigenvalue weighted by Crippen LogP contribution is 2.29. The lowest BCUT2D eigenvalue weighted by Gasteiger charge is -2.38. The summed E-state index contributed by atoms with van der Waals surface area (Å²) < 4.78 is 16.3. The van der Waals surface area contributed by atoms with E-state index in [1.165, 1.54) is 44.5 Å². The van der Waals surface area contributed by atoms with Crippen LogP contribution in [0.4, 0.5) is 10.1 Å². The second-order valence-electron chi connectivity index (χ2n) is 8.29. The summed E-state index contributed by atoms with van der Waals surface area (Å²) >= 11 is 0. The van der Waals surface area contributed by atoms with Gasteiger partial charge >= 0.3 is 0 Å². The summed E-state index contributed by atoms with van der Waals surface area (Å²) in [5.74, 6) is -0.153. The third kappa shape index (κ3) is 3.10. The normalized spacial score (nSPS) is 19.0. The van der Waals surface area contributed by atoms with Gasteiger partial charge in [-0.15, -0.1) is 0 Å². The molecule has 0 N–H and O–H groups in total. The van der Waals surface area contributed by atoms with E-state index in [9.17, 15) is 4.39 Å². The molecule has 0 amide bonds. The number of fused-ring (bicyclic) bond motifs is 1. The minimum atomic E-state index is -0.153. The number of benzene rings is 2. The Labute approximate surface area is 166 Å². The van der Waals surface area contributed by atoms with Crippen molar-refractivity contribution in [2.45, 2.75) is 38.6 Å². The van der Waals surface area contributed by atoms with Crippen LogP contribution in [0.15, 0.2) is 48.7 Å². The Morgan fingerprint density at radius 1 is 0.893 bits per heavy atom. The van der Waals surface area contributed by atoms with E-state index >= 15 is 0 Å². The van der Waals surface area contributed by atoms with Crippen LogP contribution in [0.1, 0.15) is 31.2 Å². The SMILES string of the molecule is Cc1ccc(F)c2ccn(-c3cccc(N4CCC(N5CCCC5)CC4)c3)c12. The third-order valence-electron chi connectivity index (χ3n) is 6.59. The van der Waals surface area contributed by atoms with Crippen molar-refractivity contribution in [1.29, 1.82) is 0 Å². The number of halogens is 1. The van der Waals surface area contributed by atoms with E-state index in [1.54, 1.807) is 6.07 Å². The van der Waals surface area contributed by atoms with Gasteiger partial charge in [0.2, 0.25) is 0 Å². The maximum absolute atomic E-state index is 14.2. The number of hydrogen-bond acceptors (Lipinski definition) is 2. The lowest BCUT2D eigenvalue weighted by atomic mass is 10.0. The van der Waals surface area contributed by atoms with E-state index in [2.05, 4.69) is 38.6 Å². The molecule has 0 saturated carbocycles. The fourth-order valence-corrected chi connectivity index (χ4v) is 5.05. The molecule has 3 aromatic rings. The lowest BCUT2D eigenvalue weighted by Crippen LogP contribution is -2.43. The Hall–Kier alpha value is -2.33. The van der Waals surface area contributed by atoms with Crippen molar-refractivity contribution in [2.24, 2.45) is 0 Å². The van der Waals surface area contributed by atoms with E-state index < -0.39 is 0 Å². The van der Waals surface area contributed by atoms with Gasteiger partial charge in [0, 0.05) is 42.1 Å². The zero-order chi connectivity index (χ0) is 19.1. The molecule has 2 aromatic carbocycles. The van der Waals surface area contributed by atoms with Gasteiger partial charge in [0.05, 0.1) is 5.52 Å². The van der Waals surface area contributed by atoms with Gasteiger partial charge in [0.25, 0.3) is 0 Å². The van der Waals surface area contributed by atoms with E-state index in [4.69, 9.17) is 0 Å². The number of anilines is 1. The van der Waals surface area contributed by atoms with Gasteiger partial charge in [-0.05, 0) is 81.6 Å². The molecule has 1 aromatic heterocycles. The predicted octanol–water partition coefficient (Wildman–Crippen LogP) is 5.14. The monoisotopic (exact) mass is 377 g/mol. The first-order chi connectivity index (χ1) is 13.7. The van der Waals surface area contributed by atoms with E-state index in [0.29, 0.717) is 5.39 Å². The number of aryl methyl sites for hydroxylation is 1. The lowest BCUT2D eigenvalue weighted by molar-refractivity contribution is 0.208. The topological polar surface area (TPSA) is 11.4 Å². The van der Waals surface area contributed by atoms with Crippen LogP contribution in [0, 0.1) is 12.7 Å². The number of rotatable bonds is 3. The molecular weight excluding hydrogens is 349 g/mol. The average Bonchev–Trinajstić information content (AvgIpc) is 3.42. The molecule has 5 rings (SSSR count). The molecule has 0 spiro atoms. The van der Waals surface area contributed by atoms with Crippen molar-refractivity contribution in [3.05, 3.63) is 60.0 Å². The Kier molecular flexibility index (Phi) is 4.59. The molecule has 2 aliphatic heterocycles. The summed E-state index contributed by atoms with van der Waals surface area (Å²) in [5, 5.41) is 0.692. The molecule has 2 fully saturated rings. The Morgan fingerprint density at radius 2 is 1.64 bits per heavy atom. The molecule has 4 heteroatoms. The quantitative estimate of drug-likeness (QED) is 0.626. The van der Waals surface area contributed by atoms with Crippen molar-refractivity contribution < 1.29 is 4.39 Å². The molecule has 3 nitrogen and oxygen atoms in total. The molecule has 0 bridgehead atoms. The van der Waals surface area contributed by atoms with Gasteiger partial charge in [-0.3, -0.25) is 0 Å². The van der Waals surface area contributed by atoms with Gasteiger partial charge in [-0.25, -0.2) is 4.39 Å². The summed E-state index contributed by atoms with van der Waals surface area (Å²) in [5.41, 5.74) is 4.43. The zero-order valence-corrected chi connectivity index (χ0v) is 16.6. The van der Waals surface area contributed by atoms with Crippen LogP contribution in [0.3, 0.4) is 0 Å². The molecule has 0 aliphatic carbocycles. The molecule has 0 unspecified atom stereocenters. The summed E-state index contributed by atoms with van der Waals surface area (Å²) in [6.07, 6.45) is 7.22. The number of piperidine rings is 1. The number of aromatic nitrogens is 1. The highest BCUT2D eigenvalue weighted by Gasteiger charge is 2.26. The fourth-order valence-electron chi connectivity index (χ4n) is 5.05. The molecule has 2 saturated heterocycles. The summed E-state index contributed by atoms with van der Waals surface area (Å²) in [6, 6.07) is 14.8. The van der Waals surface area contributed by atoms with Crippen molar-refractivity contribution in [2.75, 3.05) is 31.1 Å². The van der Waals surface area contributed by atoms with Crippen molar-refractivity contribution in [1.82, 2.24) is 9.47 Å². The summed E-state index contributed by atoms with van der Waals surface area (Å²) in [6.45, 7) is 6.86. The van der Waals surface area contributed by atoms with Crippen molar-refractivity contribution in [3.63, 3.8) is 0 Å². The Morgan fingerprint density at radius 3 is 2.43 bits per heavy atom. The van der Waals surface area contributed by atoms with Crippen LogP contribution < -0.4 is 4.90 Å².